The maximum absolute atomic E-state index is 12.5. The SMILES string of the molecule is Cc1ccc(-n2ncc3cc(CC(=O)C[C@H](C)c4ccccc4)ncc32)nn1. The van der Waals surface area contributed by atoms with Crippen molar-refractivity contribution in [3.05, 3.63) is 77.9 Å². The van der Waals surface area contributed by atoms with Gasteiger partial charge in [-0.2, -0.15) is 10.2 Å². The molecule has 3 aromatic heterocycles. The predicted octanol–water partition coefficient (Wildman–Crippen LogP) is 3.82. The van der Waals surface area contributed by atoms with Crippen LogP contribution in [-0.2, 0) is 11.2 Å². The zero-order valence-corrected chi connectivity index (χ0v) is 15.9. The molecule has 28 heavy (non-hydrogen) atoms. The minimum Gasteiger partial charge on any atom is -0.299 e. The largest absolute Gasteiger partial charge is 0.299 e. The predicted molar refractivity (Wildman–Crippen MR) is 107 cm³/mol. The van der Waals surface area contributed by atoms with Gasteiger partial charge in [-0.15, -0.1) is 5.10 Å². The number of carbonyl (C=O) groups is 1. The highest BCUT2D eigenvalue weighted by Gasteiger charge is 2.14. The molecule has 0 N–H and O–H groups in total. The number of carbonyl (C=O) groups excluding carboxylic acids is 1. The van der Waals surface area contributed by atoms with Crippen LogP contribution < -0.4 is 0 Å². The van der Waals surface area contributed by atoms with E-state index in [1.54, 1.807) is 17.1 Å². The Labute approximate surface area is 163 Å². The van der Waals surface area contributed by atoms with Crippen LogP contribution in [0.1, 0.15) is 36.2 Å². The number of hydrogen-bond donors (Lipinski definition) is 0. The van der Waals surface area contributed by atoms with Gasteiger partial charge in [0.2, 0.25) is 0 Å². The molecule has 0 saturated carbocycles. The lowest BCUT2D eigenvalue weighted by atomic mass is 9.94. The molecule has 0 aliphatic carbocycles. The van der Waals surface area contributed by atoms with Crippen LogP contribution >= 0.6 is 0 Å². The molecular formula is C22H21N5O. The van der Waals surface area contributed by atoms with Gasteiger partial charge in [-0.25, -0.2) is 4.68 Å². The Morgan fingerprint density at radius 2 is 1.89 bits per heavy atom. The Morgan fingerprint density at radius 1 is 1.07 bits per heavy atom. The lowest BCUT2D eigenvalue weighted by Crippen LogP contribution is -2.08. The Balaban J connectivity index is 1.49. The molecule has 0 aliphatic heterocycles. The molecule has 0 spiro atoms. The minimum atomic E-state index is 0.181. The van der Waals surface area contributed by atoms with Gasteiger partial charge in [0.15, 0.2) is 5.82 Å². The van der Waals surface area contributed by atoms with Crippen molar-refractivity contribution in [1.29, 1.82) is 0 Å². The van der Waals surface area contributed by atoms with Crippen molar-refractivity contribution < 1.29 is 4.79 Å². The van der Waals surface area contributed by atoms with Crippen LogP contribution in [0.5, 0.6) is 0 Å². The van der Waals surface area contributed by atoms with Gasteiger partial charge >= 0.3 is 0 Å². The van der Waals surface area contributed by atoms with Gasteiger partial charge in [0.05, 0.1) is 23.6 Å². The number of nitrogens with zero attached hydrogens (tertiary/aromatic N) is 5. The van der Waals surface area contributed by atoms with E-state index >= 15 is 0 Å². The number of fused-ring (bicyclic) bond motifs is 1. The highest BCUT2D eigenvalue weighted by atomic mass is 16.1. The van der Waals surface area contributed by atoms with Crippen molar-refractivity contribution >= 4 is 16.7 Å². The molecule has 0 radical (unpaired) electrons. The lowest BCUT2D eigenvalue weighted by Gasteiger charge is -2.10. The number of aryl methyl sites for hydroxylation is 1. The number of aromatic nitrogens is 5. The normalized spacial score (nSPS) is 12.2. The summed E-state index contributed by atoms with van der Waals surface area (Å²) < 4.78 is 1.71. The molecule has 4 aromatic rings. The summed E-state index contributed by atoms with van der Waals surface area (Å²) in [6.07, 6.45) is 4.33. The summed E-state index contributed by atoms with van der Waals surface area (Å²) in [5, 5.41) is 13.6. The van der Waals surface area contributed by atoms with Gasteiger partial charge in [0.1, 0.15) is 5.78 Å². The number of pyridine rings is 1. The molecule has 6 heteroatoms. The molecule has 4 rings (SSSR count). The first-order chi connectivity index (χ1) is 13.6. The Hall–Kier alpha value is -3.41. The Bertz CT molecular complexity index is 1100. The number of hydrogen-bond acceptors (Lipinski definition) is 5. The fourth-order valence-electron chi connectivity index (χ4n) is 3.27. The molecule has 140 valence electrons. The van der Waals surface area contributed by atoms with Crippen LogP contribution in [0.25, 0.3) is 16.7 Å². The van der Waals surface area contributed by atoms with E-state index in [9.17, 15) is 4.79 Å². The summed E-state index contributed by atoms with van der Waals surface area (Å²) in [5.74, 6) is 1.02. The van der Waals surface area contributed by atoms with Gasteiger partial charge in [0.25, 0.3) is 0 Å². The molecule has 0 fully saturated rings. The second-order valence-corrected chi connectivity index (χ2v) is 7.06. The van der Waals surface area contributed by atoms with Crippen molar-refractivity contribution in [1.82, 2.24) is 25.0 Å². The van der Waals surface area contributed by atoms with E-state index < -0.39 is 0 Å². The maximum atomic E-state index is 12.5. The van der Waals surface area contributed by atoms with Crippen molar-refractivity contribution in [2.75, 3.05) is 0 Å². The summed E-state index contributed by atoms with van der Waals surface area (Å²) in [6.45, 7) is 3.97. The molecule has 0 saturated heterocycles. The van der Waals surface area contributed by atoms with Crippen LogP contribution in [-0.4, -0.2) is 30.7 Å². The fraction of sp³-hybridized carbons (Fsp3) is 0.227. The highest BCUT2D eigenvalue weighted by molar-refractivity contribution is 5.84. The van der Waals surface area contributed by atoms with E-state index in [0.717, 1.165) is 22.3 Å². The summed E-state index contributed by atoms with van der Waals surface area (Å²) >= 11 is 0. The standard InChI is InChI=1S/C22H21N5O/c1-15(17-6-4-3-5-7-17)10-20(28)12-19-11-18-13-24-27(21(18)14-23-19)22-9-8-16(2)25-26-22/h3-9,11,13-15H,10,12H2,1-2H3/t15-/m0/s1. The third-order valence-corrected chi connectivity index (χ3v) is 4.79. The van der Waals surface area contributed by atoms with Crippen LogP contribution in [0.2, 0.25) is 0 Å². The first-order valence-corrected chi connectivity index (χ1v) is 9.30. The number of ketones is 1. The van der Waals surface area contributed by atoms with E-state index in [-0.39, 0.29) is 11.7 Å². The summed E-state index contributed by atoms with van der Waals surface area (Å²) in [5.41, 5.74) is 3.63. The Morgan fingerprint density at radius 3 is 2.64 bits per heavy atom. The average Bonchev–Trinajstić information content (AvgIpc) is 3.12. The molecule has 0 aliphatic rings. The Kier molecular flexibility index (Phi) is 4.93. The van der Waals surface area contributed by atoms with Crippen LogP contribution in [0.15, 0.2) is 60.9 Å². The summed E-state index contributed by atoms with van der Waals surface area (Å²) in [7, 11) is 0. The van der Waals surface area contributed by atoms with Crippen molar-refractivity contribution in [2.45, 2.75) is 32.6 Å². The van der Waals surface area contributed by atoms with E-state index in [0.29, 0.717) is 18.7 Å². The van der Waals surface area contributed by atoms with Crippen LogP contribution in [0.4, 0.5) is 0 Å². The van der Waals surface area contributed by atoms with Gasteiger partial charge in [-0.1, -0.05) is 37.3 Å². The smallest absolute Gasteiger partial charge is 0.176 e. The minimum absolute atomic E-state index is 0.181. The van der Waals surface area contributed by atoms with Crippen molar-refractivity contribution in [3.63, 3.8) is 0 Å². The molecular weight excluding hydrogens is 350 g/mol. The maximum Gasteiger partial charge on any atom is 0.176 e. The van der Waals surface area contributed by atoms with E-state index in [4.69, 9.17) is 0 Å². The van der Waals surface area contributed by atoms with Gasteiger partial charge < -0.3 is 0 Å². The average molecular weight is 371 g/mol. The fourth-order valence-corrected chi connectivity index (χ4v) is 3.27. The zero-order valence-electron chi connectivity index (χ0n) is 15.9. The van der Waals surface area contributed by atoms with Gasteiger partial charge in [-0.3, -0.25) is 9.78 Å². The third kappa shape index (κ3) is 3.81. The van der Waals surface area contributed by atoms with Crippen LogP contribution in [0.3, 0.4) is 0 Å². The van der Waals surface area contributed by atoms with E-state index in [2.05, 4.69) is 39.3 Å². The number of Topliss-reactive ketones (excluding diaryl/α,β-unsaturated/α-hetero) is 1. The monoisotopic (exact) mass is 371 g/mol. The van der Waals surface area contributed by atoms with Gasteiger partial charge in [-0.05, 0) is 36.6 Å². The molecule has 0 amide bonds. The third-order valence-electron chi connectivity index (χ3n) is 4.79. The van der Waals surface area contributed by atoms with E-state index in [1.165, 1.54) is 5.56 Å². The number of rotatable bonds is 6. The number of benzene rings is 1. The first kappa shape index (κ1) is 18.0. The molecule has 3 heterocycles. The lowest BCUT2D eigenvalue weighted by molar-refractivity contribution is -0.118. The van der Waals surface area contributed by atoms with Gasteiger partial charge in [0, 0.05) is 23.9 Å². The molecule has 1 aromatic carbocycles. The summed E-state index contributed by atoms with van der Waals surface area (Å²) in [4.78, 5) is 17.0. The van der Waals surface area contributed by atoms with Crippen molar-refractivity contribution in [3.8, 4) is 5.82 Å². The molecule has 0 unspecified atom stereocenters. The molecule has 1 atom stereocenters. The molecule has 0 bridgehead atoms. The molecule has 6 nitrogen and oxygen atoms in total. The quantitative estimate of drug-likeness (QED) is 0.515. The topological polar surface area (TPSA) is 73.6 Å². The van der Waals surface area contributed by atoms with Crippen LogP contribution in [0, 0.1) is 6.92 Å². The summed E-state index contributed by atoms with van der Waals surface area (Å²) in [6, 6.07) is 15.8. The van der Waals surface area contributed by atoms with E-state index in [1.807, 2.05) is 43.3 Å². The highest BCUT2D eigenvalue weighted by Crippen LogP contribution is 2.21. The first-order valence-electron chi connectivity index (χ1n) is 9.30. The zero-order chi connectivity index (χ0) is 19.5. The van der Waals surface area contributed by atoms with Crippen molar-refractivity contribution in [2.24, 2.45) is 0 Å². The second kappa shape index (κ2) is 7.68. The second-order valence-electron chi connectivity index (χ2n) is 7.06.